The van der Waals surface area contributed by atoms with Crippen molar-refractivity contribution in [2.75, 3.05) is 13.7 Å². The van der Waals surface area contributed by atoms with Crippen LogP contribution in [-0.4, -0.2) is 36.2 Å². The van der Waals surface area contributed by atoms with Gasteiger partial charge in [-0.25, -0.2) is 0 Å². The number of fused-ring (bicyclic) bond motifs is 1. The lowest BCUT2D eigenvalue weighted by Crippen LogP contribution is -2.60. The van der Waals surface area contributed by atoms with Crippen LogP contribution in [0.15, 0.2) is 18.2 Å². The minimum atomic E-state index is -4.80. The molecule has 1 amide bonds. The number of likely N-dealkylation sites (tertiary alicyclic amines) is 1. The van der Waals surface area contributed by atoms with Gasteiger partial charge in [-0.2, -0.15) is 13.2 Å². The van der Waals surface area contributed by atoms with Gasteiger partial charge in [0.1, 0.15) is 5.75 Å². The van der Waals surface area contributed by atoms with Crippen molar-refractivity contribution in [2.24, 2.45) is 0 Å². The van der Waals surface area contributed by atoms with E-state index in [9.17, 15) is 18.0 Å². The van der Waals surface area contributed by atoms with Gasteiger partial charge in [0.05, 0.1) is 7.11 Å². The fraction of sp³-hybridized carbons (Fsp3) is 0.588. The van der Waals surface area contributed by atoms with Gasteiger partial charge in [0, 0.05) is 12.1 Å². The minimum absolute atomic E-state index is 0.198. The number of carbonyl (C=O) groups excluding carboxylic acids is 1. The Labute approximate surface area is 133 Å². The van der Waals surface area contributed by atoms with Crippen LogP contribution in [0.25, 0.3) is 0 Å². The zero-order chi connectivity index (χ0) is 16.7. The van der Waals surface area contributed by atoms with Gasteiger partial charge < -0.3 is 9.64 Å². The largest absolute Gasteiger partial charge is 0.497 e. The lowest BCUT2D eigenvalue weighted by atomic mass is 9.72. The summed E-state index contributed by atoms with van der Waals surface area (Å²) in [6.07, 6.45) is -0.908. The number of alkyl halides is 3. The molecule has 3 nitrogen and oxygen atoms in total. The maximum Gasteiger partial charge on any atom is 0.471 e. The van der Waals surface area contributed by atoms with E-state index in [0.29, 0.717) is 32.1 Å². The number of carbonyl (C=O) groups is 1. The molecule has 1 aliphatic carbocycles. The van der Waals surface area contributed by atoms with Crippen molar-refractivity contribution in [2.45, 2.75) is 50.2 Å². The average Bonchev–Trinajstić information content (AvgIpc) is 2.53. The lowest BCUT2D eigenvalue weighted by Gasteiger charge is -2.50. The third-order valence-corrected chi connectivity index (χ3v) is 5.13. The van der Waals surface area contributed by atoms with Gasteiger partial charge >= 0.3 is 12.1 Å². The molecule has 1 saturated heterocycles. The van der Waals surface area contributed by atoms with Gasteiger partial charge in [0.25, 0.3) is 0 Å². The molecule has 23 heavy (non-hydrogen) atoms. The standard InChI is InChI=1S/C17H20F3NO2/c1-23-14-5-4-13-11-16(8-6-12(13)10-14)7-2-3-9-21(16)15(22)17(18,19)20/h4-5,10H,2-3,6-9,11H2,1H3. The first-order valence-corrected chi connectivity index (χ1v) is 7.90. The van der Waals surface area contributed by atoms with Gasteiger partial charge in [-0.1, -0.05) is 6.07 Å². The highest BCUT2D eigenvalue weighted by atomic mass is 19.4. The van der Waals surface area contributed by atoms with Crippen LogP contribution in [0, 0.1) is 0 Å². The zero-order valence-corrected chi connectivity index (χ0v) is 13.1. The molecule has 1 fully saturated rings. The Morgan fingerprint density at radius 3 is 2.70 bits per heavy atom. The summed E-state index contributed by atoms with van der Waals surface area (Å²) < 4.78 is 44.1. The predicted molar refractivity (Wildman–Crippen MR) is 79.4 cm³/mol. The van der Waals surface area contributed by atoms with Crippen molar-refractivity contribution < 1.29 is 22.7 Å². The first kappa shape index (κ1) is 16.1. The van der Waals surface area contributed by atoms with E-state index in [1.807, 2.05) is 18.2 Å². The first-order chi connectivity index (χ1) is 10.9. The van der Waals surface area contributed by atoms with Crippen molar-refractivity contribution >= 4 is 5.91 Å². The molecule has 3 rings (SSSR count). The molecule has 0 bridgehead atoms. The van der Waals surface area contributed by atoms with Crippen LogP contribution in [0.3, 0.4) is 0 Å². The number of halogens is 3. The van der Waals surface area contributed by atoms with Crippen LogP contribution in [-0.2, 0) is 17.6 Å². The van der Waals surface area contributed by atoms with E-state index in [1.54, 1.807) is 7.11 Å². The summed E-state index contributed by atoms with van der Waals surface area (Å²) in [6, 6.07) is 5.69. The van der Waals surface area contributed by atoms with Gasteiger partial charge in [-0.05, 0) is 61.8 Å². The molecule has 1 heterocycles. The van der Waals surface area contributed by atoms with E-state index in [-0.39, 0.29) is 6.54 Å². The summed E-state index contributed by atoms with van der Waals surface area (Å²) in [4.78, 5) is 13.0. The molecule has 126 valence electrons. The van der Waals surface area contributed by atoms with Crippen molar-refractivity contribution in [3.8, 4) is 5.75 Å². The SMILES string of the molecule is COc1ccc2c(c1)CCC1(CCCCN1C(=O)C(F)(F)F)C2. The van der Waals surface area contributed by atoms with Crippen LogP contribution in [0.5, 0.6) is 5.75 Å². The molecule has 0 saturated carbocycles. The molecule has 1 aliphatic heterocycles. The Balaban J connectivity index is 1.92. The van der Waals surface area contributed by atoms with Gasteiger partial charge in [-0.15, -0.1) is 0 Å². The molecule has 1 unspecified atom stereocenters. The van der Waals surface area contributed by atoms with Crippen molar-refractivity contribution in [1.29, 1.82) is 0 Å². The Kier molecular flexibility index (Phi) is 4.02. The molecule has 6 heteroatoms. The summed E-state index contributed by atoms with van der Waals surface area (Å²) in [5.74, 6) is -0.930. The molecule has 0 radical (unpaired) electrons. The number of aryl methyl sites for hydroxylation is 1. The second-order valence-corrected chi connectivity index (χ2v) is 6.45. The second-order valence-electron chi connectivity index (χ2n) is 6.45. The van der Waals surface area contributed by atoms with Gasteiger partial charge in [0.2, 0.25) is 0 Å². The smallest absolute Gasteiger partial charge is 0.471 e. The molecule has 1 aromatic rings. The monoisotopic (exact) mass is 327 g/mol. The molecule has 2 aliphatic rings. The number of rotatable bonds is 1. The topological polar surface area (TPSA) is 29.5 Å². The number of ether oxygens (including phenoxy) is 1. The highest BCUT2D eigenvalue weighted by Gasteiger charge is 2.51. The molecule has 0 N–H and O–H groups in total. The molecule has 1 atom stereocenters. The van der Waals surface area contributed by atoms with E-state index in [4.69, 9.17) is 4.74 Å². The number of hydrogen-bond acceptors (Lipinski definition) is 2. The van der Waals surface area contributed by atoms with Gasteiger partial charge in [-0.3, -0.25) is 4.79 Å². The number of piperidine rings is 1. The van der Waals surface area contributed by atoms with E-state index >= 15 is 0 Å². The molecular formula is C17H20F3NO2. The quantitative estimate of drug-likeness (QED) is 0.790. The summed E-state index contributed by atoms with van der Waals surface area (Å²) >= 11 is 0. The maximum absolute atomic E-state index is 13.0. The third kappa shape index (κ3) is 2.91. The number of methoxy groups -OCH3 is 1. The first-order valence-electron chi connectivity index (χ1n) is 7.90. The van der Waals surface area contributed by atoms with Crippen LogP contribution in [0.1, 0.15) is 36.8 Å². The van der Waals surface area contributed by atoms with Crippen LogP contribution < -0.4 is 4.74 Å². The van der Waals surface area contributed by atoms with E-state index in [0.717, 1.165) is 28.2 Å². The molecular weight excluding hydrogens is 307 g/mol. The zero-order valence-electron chi connectivity index (χ0n) is 13.1. The van der Waals surface area contributed by atoms with Crippen LogP contribution in [0.4, 0.5) is 13.2 Å². The van der Waals surface area contributed by atoms with Crippen LogP contribution in [0.2, 0.25) is 0 Å². The minimum Gasteiger partial charge on any atom is -0.497 e. The number of nitrogens with zero attached hydrogens (tertiary/aromatic N) is 1. The molecule has 1 spiro atoms. The fourth-order valence-corrected chi connectivity index (χ4v) is 3.95. The predicted octanol–water partition coefficient (Wildman–Crippen LogP) is 3.50. The lowest BCUT2D eigenvalue weighted by molar-refractivity contribution is -0.194. The van der Waals surface area contributed by atoms with E-state index in [2.05, 4.69) is 0 Å². The number of hydrogen-bond donors (Lipinski definition) is 0. The maximum atomic E-state index is 13.0. The highest BCUT2D eigenvalue weighted by molar-refractivity contribution is 5.83. The summed E-state index contributed by atoms with van der Waals surface area (Å²) in [6.45, 7) is 0.198. The summed E-state index contributed by atoms with van der Waals surface area (Å²) in [5, 5.41) is 0. The number of amides is 1. The Morgan fingerprint density at radius 1 is 1.22 bits per heavy atom. The highest BCUT2D eigenvalue weighted by Crippen LogP contribution is 2.42. The average molecular weight is 327 g/mol. The molecule has 1 aromatic carbocycles. The van der Waals surface area contributed by atoms with Crippen LogP contribution >= 0.6 is 0 Å². The fourth-order valence-electron chi connectivity index (χ4n) is 3.95. The van der Waals surface area contributed by atoms with Crippen molar-refractivity contribution in [1.82, 2.24) is 4.90 Å². The summed E-state index contributed by atoms with van der Waals surface area (Å²) in [7, 11) is 1.59. The third-order valence-electron chi connectivity index (χ3n) is 5.13. The van der Waals surface area contributed by atoms with E-state index < -0.39 is 17.6 Å². The normalized spacial score (nSPS) is 24.4. The second kappa shape index (κ2) is 5.73. The Bertz CT molecular complexity index is 614. The van der Waals surface area contributed by atoms with Crippen molar-refractivity contribution in [3.05, 3.63) is 29.3 Å². The van der Waals surface area contributed by atoms with Crippen molar-refractivity contribution in [3.63, 3.8) is 0 Å². The van der Waals surface area contributed by atoms with E-state index in [1.165, 1.54) is 0 Å². The molecule has 0 aromatic heterocycles. The number of benzene rings is 1. The Morgan fingerprint density at radius 2 is 2.00 bits per heavy atom. The Hall–Kier alpha value is -1.72. The van der Waals surface area contributed by atoms with Gasteiger partial charge in [0.15, 0.2) is 0 Å². The summed E-state index contributed by atoms with van der Waals surface area (Å²) in [5.41, 5.74) is 1.45.